The molecule has 2 aliphatic rings. The molecule has 130 valence electrons. The predicted octanol–water partition coefficient (Wildman–Crippen LogP) is 2.45. The Morgan fingerprint density at radius 1 is 1.20 bits per heavy atom. The molecular weight excluding hydrogens is 318 g/mol. The maximum Gasteiger partial charge on any atom is 0.209 e. The summed E-state index contributed by atoms with van der Waals surface area (Å²) >= 11 is 0. The van der Waals surface area contributed by atoms with Crippen LogP contribution < -0.4 is 0 Å². The third-order valence-electron chi connectivity index (χ3n) is 5.28. The molecule has 0 spiro atoms. The van der Waals surface area contributed by atoms with E-state index < -0.39 is 0 Å². The lowest BCUT2D eigenvalue weighted by atomic mass is 9.97. The van der Waals surface area contributed by atoms with Crippen molar-refractivity contribution in [1.29, 1.82) is 0 Å². The Morgan fingerprint density at radius 3 is 3.12 bits per heavy atom. The standard InChI is InChI=1S/C18H21N5O2/c24-13-5-6-14-15(9-13)25-17(19-14)11-22-7-1-3-12(10-22)18-21-20-16-4-2-8-23(16)18/h5-6,9,12,24H,1-4,7-8,10-11H2/t12-/m1/s1. The highest BCUT2D eigenvalue weighted by molar-refractivity contribution is 5.74. The summed E-state index contributed by atoms with van der Waals surface area (Å²) in [5.74, 6) is 3.63. The van der Waals surface area contributed by atoms with Gasteiger partial charge in [0.05, 0.1) is 6.54 Å². The van der Waals surface area contributed by atoms with Crippen LogP contribution in [0.2, 0.25) is 0 Å². The number of fused-ring (bicyclic) bond motifs is 2. The van der Waals surface area contributed by atoms with E-state index in [1.165, 1.54) is 6.42 Å². The Bertz CT molecular complexity index is 915. The minimum absolute atomic E-state index is 0.203. The lowest BCUT2D eigenvalue weighted by molar-refractivity contribution is 0.180. The SMILES string of the molecule is Oc1ccc2nc(CN3CCC[C@@H](c4nnc5n4CCC5)C3)oc2c1. The van der Waals surface area contributed by atoms with Crippen LogP contribution in [0.1, 0.15) is 42.7 Å². The fourth-order valence-corrected chi connectivity index (χ4v) is 4.10. The first-order valence-corrected chi connectivity index (χ1v) is 8.99. The van der Waals surface area contributed by atoms with Gasteiger partial charge >= 0.3 is 0 Å². The van der Waals surface area contributed by atoms with E-state index in [1.54, 1.807) is 18.2 Å². The molecule has 5 rings (SSSR count). The van der Waals surface area contributed by atoms with E-state index in [2.05, 4.69) is 24.6 Å². The molecule has 0 unspecified atom stereocenters. The molecule has 1 saturated heterocycles. The van der Waals surface area contributed by atoms with Gasteiger partial charge in [-0.1, -0.05) is 0 Å². The smallest absolute Gasteiger partial charge is 0.209 e. The van der Waals surface area contributed by atoms with E-state index in [4.69, 9.17) is 4.42 Å². The Labute approximate surface area is 145 Å². The van der Waals surface area contributed by atoms with Crippen LogP contribution in [0.4, 0.5) is 0 Å². The lowest BCUT2D eigenvalue weighted by Crippen LogP contribution is -2.35. The van der Waals surface area contributed by atoms with Crippen molar-refractivity contribution in [2.45, 2.75) is 44.7 Å². The number of nitrogens with zero attached hydrogens (tertiary/aromatic N) is 5. The van der Waals surface area contributed by atoms with E-state index in [1.807, 2.05) is 0 Å². The van der Waals surface area contributed by atoms with E-state index in [0.29, 0.717) is 23.9 Å². The number of aromatic nitrogens is 4. The topological polar surface area (TPSA) is 80.2 Å². The number of oxazole rings is 1. The third kappa shape index (κ3) is 2.68. The van der Waals surface area contributed by atoms with Gasteiger partial charge in [-0.25, -0.2) is 4.98 Å². The summed E-state index contributed by atoms with van der Waals surface area (Å²) in [5, 5.41) is 18.4. The second kappa shape index (κ2) is 5.84. The molecular formula is C18H21N5O2. The van der Waals surface area contributed by atoms with Crippen molar-refractivity contribution >= 4 is 11.1 Å². The van der Waals surface area contributed by atoms with Crippen molar-refractivity contribution in [3.63, 3.8) is 0 Å². The fourth-order valence-electron chi connectivity index (χ4n) is 4.10. The van der Waals surface area contributed by atoms with E-state index >= 15 is 0 Å². The van der Waals surface area contributed by atoms with Crippen molar-refractivity contribution in [3.8, 4) is 5.75 Å². The van der Waals surface area contributed by atoms with Crippen molar-refractivity contribution < 1.29 is 9.52 Å². The van der Waals surface area contributed by atoms with Crippen LogP contribution in [0.3, 0.4) is 0 Å². The van der Waals surface area contributed by atoms with E-state index in [9.17, 15) is 5.11 Å². The van der Waals surface area contributed by atoms with Gasteiger partial charge in [0.2, 0.25) is 5.89 Å². The number of aromatic hydroxyl groups is 1. The molecule has 0 amide bonds. The van der Waals surface area contributed by atoms with E-state index in [-0.39, 0.29) is 5.75 Å². The number of likely N-dealkylation sites (tertiary alicyclic amines) is 1. The van der Waals surface area contributed by atoms with Gasteiger partial charge in [-0.05, 0) is 37.9 Å². The molecule has 7 nitrogen and oxygen atoms in total. The van der Waals surface area contributed by atoms with Gasteiger partial charge in [0.1, 0.15) is 22.9 Å². The van der Waals surface area contributed by atoms with Crippen LogP contribution in [0.25, 0.3) is 11.1 Å². The molecule has 0 radical (unpaired) electrons. The Hall–Kier alpha value is -2.41. The Kier molecular flexibility index (Phi) is 3.48. The third-order valence-corrected chi connectivity index (χ3v) is 5.28. The summed E-state index contributed by atoms with van der Waals surface area (Å²) in [6.07, 6.45) is 4.55. The van der Waals surface area contributed by atoms with Gasteiger partial charge in [-0.3, -0.25) is 4.90 Å². The molecule has 1 aromatic carbocycles. The van der Waals surface area contributed by atoms with Crippen molar-refractivity contribution in [3.05, 3.63) is 35.7 Å². The normalized spacial score (nSPS) is 21.0. The van der Waals surface area contributed by atoms with Crippen LogP contribution in [0, 0.1) is 0 Å². The zero-order chi connectivity index (χ0) is 16.8. The molecule has 4 heterocycles. The maximum atomic E-state index is 9.56. The summed E-state index contributed by atoms with van der Waals surface area (Å²) in [4.78, 5) is 6.93. The van der Waals surface area contributed by atoms with Crippen molar-refractivity contribution in [1.82, 2.24) is 24.6 Å². The van der Waals surface area contributed by atoms with Gasteiger partial charge in [0.25, 0.3) is 0 Å². The van der Waals surface area contributed by atoms with Crippen LogP contribution in [-0.2, 0) is 19.5 Å². The first kappa shape index (κ1) is 14.9. The molecule has 1 atom stereocenters. The molecule has 0 saturated carbocycles. The summed E-state index contributed by atoms with van der Waals surface area (Å²) in [7, 11) is 0. The lowest BCUT2D eigenvalue weighted by Gasteiger charge is -2.31. The van der Waals surface area contributed by atoms with E-state index in [0.717, 1.165) is 56.1 Å². The molecule has 7 heteroatoms. The monoisotopic (exact) mass is 339 g/mol. The molecule has 0 bridgehead atoms. The second-order valence-electron chi connectivity index (χ2n) is 7.06. The Balaban J connectivity index is 1.33. The second-order valence-corrected chi connectivity index (χ2v) is 7.06. The Morgan fingerprint density at radius 2 is 2.16 bits per heavy atom. The molecule has 1 fully saturated rings. The summed E-state index contributed by atoms with van der Waals surface area (Å²) in [6.45, 7) is 3.75. The highest BCUT2D eigenvalue weighted by atomic mass is 16.3. The molecule has 0 aliphatic carbocycles. The highest BCUT2D eigenvalue weighted by Crippen LogP contribution is 2.29. The molecule has 1 N–H and O–H groups in total. The molecule has 2 aliphatic heterocycles. The predicted molar refractivity (Wildman–Crippen MR) is 91.3 cm³/mol. The summed E-state index contributed by atoms with van der Waals surface area (Å²) < 4.78 is 8.12. The number of phenolic OH excluding ortho intramolecular Hbond substituents is 1. The van der Waals surface area contributed by atoms with Gasteiger partial charge in [0, 0.05) is 31.5 Å². The minimum Gasteiger partial charge on any atom is -0.508 e. The number of piperidine rings is 1. The number of aryl methyl sites for hydroxylation is 1. The number of hydrogen-bond acceptors (Lipinski definition) is 6. The van der Waals surface area contributed by atoms with Crippen LogP contribution in [0.15, 0.2) is 22.6 Å². The van der Waals surface area contributed by atoms with Crippen LogP contribution >= 0.6 is 0 Å². The van der Waals surface area contributed by atoms with Gasteiger partial charge in [0.15, 0.2) is 5.58 Å². The molecule has 2 aromatic heterocycles. The highest BCUT2D eigenvalue weighted by Gasteiger charge is 2.28. The maximum absolute atomic E-state index is 9.56. The van der Waals surface area contributed by atoms with Gasteiger partial charge in [-0.2, -0.15) is 0 Å². The molecule has 3 aromatic rings. The largest absolute Gasteiger partial charge is 0.508 e. The zero-order valence-electron chi connectivity index (χ0n) is 14.1. The fraction of sp³-hybridized carbons (Fsp3) is 0.500. The van der Waals surface area contributed by atoms with Crippen molar-refractivity contribution in [2.75, 3.05) is 13.1 Å². The van der Waals surface area contributed by atoms with Crippen molar-refractivity contribution in [2.24, 2.45) is 0 Å². The zero-order valence-corrected chi connectivity index (χ0v) is 14.1. The number of rotatable bonds is 3. The quantitative estimate of drug-likeness (QED) is 0.789. The first-order chi connectivity index (χ1) is 12.3. The number of phenols is 1. The van der Waals surface area contributed by atoms with Gasteiger partial charge < -0.3 is 14.1 Å². The average molecular weight is 339 g/mol. The first-order valence-electron chi connectivity index (χ1n) is 8.99. The summed E-state index contributed by atoms with van der Waals surface area (Å²) in [6, 6.07) is 5.04. The van der Waals surface area contributed by atoms with Crippen LogP contribution in [0.5, 0.6) is 5.75 Å². The number of benzene rings is 1. The van der Waals surface area contributed by atoms with Crippen LogP contribution in [-0.4, -0.2) is 42.8 Å². The van der Waals surface area contributed by atoms with Gasteiger partial charge in [-0.15, -0.1) is 10.2 Å². The molecule has 25 heavy (non-hydrogen) atoms. The average Bonchev–Trinajstić information content (AvgIpc) is 3.29. The number of hydrogen-bond donors (Lipinski definition) is 1. The summed E-state index contributed by atoms with van der Waals surface area (Å²) in [5.41, 5.74) is 1.43. The minimum atomic E-state index is 0.203.